The molecule has 1 atom stereocenters. The van der Waals surface area contributed by atoms with E-state index in [1.807, 2.05) is 12.1 Å². The second kappa shape index (κ2) is 6.68. The maximum absolute atomic E-state index is 14.0. The zero-order valence-corrected chi connectivity index (χ0v) is 14.4. The van der Waals surface area contributed by atoms with Crippen molar-refractivity contribution < 1.29 is 23.2 Å². The van der Waals surface area contributed by atoms with E-state index >= 15 is 0 Å². The van der Waals surface area contributed by atoms with Crippen LogP contribution in [0.3, 0.4) is 0 Å². The molecule has 0 saturated heterocycles. The van der Waals surface area contributed by atoms with Crippen LogP contribution in [-0.2, 0) is 16.0 Å². The second-order valence-electron chi connectivity index (χ2n) is 6.10. The van der Waals surface area contributed by atoms with Crippen molar-refractivity contribution >= 4 is 17.6 Å². The lowest BCUT2D eigenvalue weighted by molar-refractivity contribution is -0.141. The maximum Gasteiger partial charge on any atom is 0.329 e. The van der Waals surface area contributed by atoms with E-state index in [0.717, 1.165) is 5.56 Å². The van der Waals surface area contributed by atoms with Gasteiger partial charge in [0.25, 0.3) is 5.91 Å². The lowest BCUT2D eigenvalue weighted by Crippen LogP contribution is -2.43. The molecular formula is C20H15FN2O4. The summed E-state index contributed by atoms with van der Waals surface area (Å²) in [6.07, 6.45) is 0.354. The van der Waals surface area contributed by atoms with Crippen molar-refractivity contribution in [3.8, 4) is 11.3 Å². The number of ether oxygens (including phenoxy) is 1. The fourth-order valence-electron chi connectivity index (χ4n) is 3.25. The van der Waals surface area contributed by atoms with E-state index in [1.165, 1.54) is 30.2 Å². The Morgan fingerprint density at radius 2 is 1.93 bits per heavy atom. The molecule has 1 aromatic heterocycles. The molecule has 0 fully saturated rings. The van der Waals surface area contributed by atoms with Crippen molar-refractivity contribution in [1.29, 1.82) is 0 Å². The molecule has 3 aromatic rings. The Hall–Kier alpha value is -3.48. The second-order valence-corrected chi connectivity index (χ2v) is 6.10. The molecule has 0 aliphatic carbocycles. The van der Waals surface area contributed by atoms with Crippen molar-refractivity contribution in [2.75, 3.05) is 12.0 Å². The van der Waals surface area contributed by atoms with Gasteiger partial charge in [-0.3, -0.25) is 9.69 Å². The summed E-state index contributed by atoms with van der Waals surface area (Å²) in [4.78, 5) is 26.6. The number of carbonyl (C=O) groups is 2. The summed E-state index contributed by atoms with van der Waals surface area (Å²) in [5.74, 6) is -1.37. The van der Waals surface area contributed by atoms with E-state index in [4.69, 9.17) is 9.26 Å². The molecule has 0 radical (unpaired) electrons. The first-order valence-electron chi connectivity index (χ1n) is 8.31. The number of rotatable bonds is 3. The largest absolute Gasteiger partial charge is 0.467 e. The number of fused-ring (bicyclic) bond motifs is 1. The van der Waals surface area contributed by atoms with Gasteiger partial charge in [0.05, 0.1) is 12.7 Å². The van der Waals surface area contributed by atoms with E-state index in [2.05, 4.69) is 5.16 Å². The minimum Gasteiger partial charge on any atom is -0.467 e. The van der Waals surface area contributed by atoms with Crippen LogP contribution in [0.15, 0.2) is 59.1 Å². The number of carbonyl (C=O) groups excluding carboxylic acids is 2. The average molecular weight is 366 g/mol. The van der Waals surface area contributed by atoms with Crippen LogP contribution in [0.2, 0.25) is 0 Å². The minimum atomic E-state index is -0.784. The highest BCUT2D eigenvalue weighted by Gasteiger charge is 2.40. The lowest BCUT2D eigenvalue weighted by Gasteiger charge is -2.22. The molecule has 136 valence electrons. The standard InChI is InChI=1S/C20H15FN2O4/c1-26-20(25)17-10-12-6-2-5-9-16(12)23(17)19(24)15-11-18(27-22-15)13-7-3-4-8-14(13)21/h2-9,11,17H,10H2,1H3. The number of para-hydroxylation sites is 1. The third kappa shape index (κ3) is 2.87. The van der Waals surface area contributed by atoms with Gasteiger partial charge in [0, 0.05) is 18.2 Å². The van der Waals surface area contributed by atoms with E-state index in [9.17, 15) is 14.0 Å². The van der Waals surface area contributed by atoms with Crippen LogP contribution < -0.4 is 4.90 Å². The summed E-state index contributed by atoms with van der Waals surface area (Å²) in [5, 5.41) is 3.79. The Morgan fingerprint density at radius 3 is 2.70 bits per heavy atom. The van der Waals surface area contributed by atoms with Crippen molar-refractivity contribution in [2.24, 2.45) is 0 Å². The number of halogens is 1. The molecule has 27 heavy (non-hydrogen) atoms. The zero-order valence-electron chi connectivity index (χ0n) is 14.4. The predicted molar refractivity (Wildman–Crippen MR) is 94.7 cm³/mol. The zero-order chi connectivity index (χ0) is 19.0. The highest BCUT2D eigenvalue weighted by molar-refractivity contribution is 6.10. The number of methoxy groups -OCH3 is 1. The van der Waals surface area contributed by atoms with Gasteiger partial charge in [0.15, 0.2) is 11.5 Å². The first kappa shape index (κ1) is 17.0. The molecule has 0 saturated carbocycles. The van der Waals surface area contributed by atoms with E-state index in [0.29, 0.717) is 12.1 Å². The lowest BCUT2D eigenvalue weighted by atomic mass is 10.1. The number of benzene rings is 2. The molecule has 0 bridgehead atoms. The van der Waals surface area contributed by atoms with Gasteiger partial charge in [-0.05, 0) is 23.8 Å². The molecule has 1 aliphatic heterocycles. The summed E-state index contributed by atoms with van der Waals surface area (Å²) in [6, 6.07) is 13.9. The molecule has 2 heterocycles. The Kier molecular flexibility index (Phi) is 4.19. The van der Waals surface area contributed by atoms with Crippen LogP contribution in [0.1, 0.15) is 16.1 Å². The number of esters is 1. The molecule has 1 amide bonds. The summed E-state index contributed by atoms with van der Waals surface area (Å²) < 4.78 is 24.0. The van der Waals surface area contributed by atoms with Crippen molar-refractivity contribution in [3.05, 3.63) is 71.7 Å². The Balaban J connectivity index is 1.71. The van der Waals surface area contributed by atoms with Crippen LogP contribution in [0, 0.1) is 5.82 Å². The van der Waals surface area contributed by atoms with Crippen LogP contribution in [0.5, 0.6) is 0 Å². The van der Waals surface area contributed by atoms with Gasteiger partial charge in [0.1, 0.15) is 11.9 Å². The van der Waals surface area contributed by atoms with Crippen LogP contribution in [0.25, 0.3) is 11.3 Å². The molecule has 1 unspecified atom stereocenters. The monoisotopic (exact) mass is 366 g/mol. The molecule has 0 spiro atoms. The highest BCUT2D eigenvalue weighted by atomic mass is 19.1. The van der Waals surface area contributed by atoms with Gasteiger partial charge in [-0.2, -0.15) is 0 Å². The molecule has 0 N–H and O–H groups in total. The van der Waals surface area contributed by atoms with Gasteiger partial charge < -0.3 is 9.26 Å². The number of amides is 1. The predicted octanol–water partition coefficient (Wildman–Crippen LogP) is 3.23. The van der Waals surface area contributed by atoms with Crippen LogP contribution in [0.4, 0.5) is 10.1 Å². The smallest absolute Gasteiger partial charge is 0.329 e. The van der Waals surface area contributed by atoms with Crippen molar-refractivity contribution in [3.63, 3.8) is 0 Å². The highest BCUT2D eigenvalue weighted by Crippen LogP contribution is 2.34. The molecule has 2 aromatic carbocycles. The fraction of sp³-hybridized carbons (Fsp3) is 0.150. The summed E-state index contributed by atoms with van der Waals surface area (Å²) >= 11 is 0. The van der Waals surface area contributed by atoms with Crippen LogP contribution in [-0.4, -0.2) is 30.2 Å². The Labute approximate surface area is 154 Å². The molecule has 6 nitrogen and oxygen atoms in total. The summed E-state index contributed by atoms with van der Waals surface area (Å²) in [5.41, 5.74) is 1.67. The number of anilines is 1. The van der Waals surface area contributed by atoms with Crippen LogP contribution >= 0.6 is 0 Å². The van der Waals surface area contributed by atoms with Crippen molar-refractivity contribution in [2.45, 2.75) is 12.5 Å². The topological polar surface area (TPSA) is 72.6 Å². The Bertz CT molecular complexity index is 1030. The number of hydrogen-bond donors (Lipinski definition) is 0. The number of nitrogens with zero attached hydrogens (tertiary/aromatic N) is 2. The third-order valence-electron chi connectivity index (χ3n) is 4.54. The molecule has 4 rings (SSSR count). The third-order valence-corrected chi connectivity index (χ3v) is 4.54. The quantitative estimate of drug-likeness (QED) is 0.666. The minimum absolute atomic E-state index is 0.0149. The summed E-state index contributed by atoms with van der Waals surface area (Å²) in [6.45, 7) is 0. The summed E-state index contributed by atoms with van der Waals surface area (Å²) in [7, 11) is 1.28. The van der Waals surface area contributed by atoms with Gasteiger partial charge in [0.2, 0.25) is 0 Å². The SMILES string of the molecule is COC(=O)C1Cc2ccccc2N1C(=O)c1cc(-c2ccccc2F)on1. The average Bonchev–Trinajstić information content (AvgIpc) is 3.32. The van der Waals surface area contributed by atoms with E-state index < -0.39 is 23.7 Å². The van der Waals surface area contributed by atoms with Gasteiger partial charge in [-0.25, -0.2) is 9.18 Å². The normalized spacial score (nSPS) is 15.5. The van der Waals surface area contributed by atoms with E-state index in [1.54, 1.807) is 24.3 Å². The number of aromatic nitrogens is 1. The molecular weight excluding hydrogens is 351 g/mol. The molecule has 1 aliphatic rings. The van der Waals surface area contributed by atoms with Crippen molar-refractivity contribution in [1.82, 2.24) is 5.16 Å². The maximum atomic E-state index is 14.0. The fourth-order valence-corrected chi connectivity index (χ4v) is 3.25. The van der Waals surface area contributed by atoms with Gasteiger partial charge in [-0.15, -0.1) is 0 Å². The van der Waals surface area contributed by atoms with E-state index in [-0.39, 0.29) is 17.0 Å². The first-order valence-corrected chi connectivity index (χ1v) is 8.31. The Morgan fingerprint density at radius 1 is 1.19 bits per heavy atom. The first-order chi connectivity index (χ1) is 13.1. The van der Waals surface area contributed by atoms with Gasteiger partial charge >= 0.3 is 5.97 Å². The van der Waals surface area contributed by atoms with Gasteiger partial charge in [-0.1, -0.05) is 35.5 Å². The molecule has 7 heteroatoms. The number of hydrogen-bond acceptors (Lipinski definition) is 5.